The summed E-state index contributed by atoms with van der Waals surface area (Å²) in [4.78, 5) is 18.6. The molecule has 2 aromatic heterocycles. The molecule has 0 saturated heterocycles. The van der Waals surface area contributed by atoms with E-state index in [0.29, 0.717) is 19.8 Å². The number of hydrogen-bond acceptors (Lipinski definition) is 4. The van der Waals surface area contributed by atoms with Crippen LogP contribution in [-0.4, -0.2) is 30.4 Å². The summed E-state index contributed by atoms with van der Waals surface area (Å²) >= 11 is 0. The molecule has 0 bridgehead atoms. The fourth-order valence-electron chi connectivity index (χ4n) is 4.82. The second-order valence-corrected chi connectivity index (χ2v) is 8.38. The summed E-state index contributed by atoms with van der Waals surface area (Å²) in [5.74, 6) is 0. The highest BCUT2D eigenvalue weighted by Gasteiger charge is 2.33. The lowest BCUT2D eigenvalue weighted by molar-refractivity contribution is 0.131. The average Bonchev–Trinajstić information content (AvgIpc) is 3.12. The van der Waals surface area contributed by atoms with E-state index in [1.54, 1.807) is 14.2 Å². The van der Waals surface area contributed by atoms with Gasteiger partial charge in [0.25, 0.3) is 5.56 Å². The highest BCUT2D eigenvalue weighted by molar-refractivity contribution is 5.88. The van der Waals surface area contributed by atoms with Crippen molar-refractivity contribution in [3.63, 3.8) is 0 Å². The van der Waals surface area contributed by atoms with Gasteiger partial charge in [0.1, 0.15) is 0 Å². The van der Waals surface area contributed by atoms with Gasteiger partial charge in [-0.15, -0.1) is 0 Å². The van der Waals surface area contributed by atoms with Gasteiger partial charge in [-0.1, -0.05) is 39.0 Å². The van der Waals surface area contributed by atoms with Crippen LogP contribution in [0.15, 0.2) is 35.1 Å². The summed E-state index contributed by atoms with van der Waals surface area (Å²) in [6, 6.07) is 10.4. The molecule has 3 heterocycles. The molecule has 158 valence electrons. The van der Waals surface area contributed by atoms with Crippen molar-refractivity contribution in [3.05, 3.63) is 62.9 Å². The summed E-state index contributed by atoms with van der Waals surface area (Å²) in [5.41, 5.74) is 6.73. The normalized spacial score (nSPS) is 14.6. The number of methoxy groups -OCH3 is 2. The van der Waals surface area contributed by atoms with Crippen molar-refractivity contribution < 1.29 is 9.47 Å². The molecule has 5 heteroatoms. The monoisotopic (exact) mass is 406 g/mol. The molecule has 30 heavy (non-hydrogen) atoms. The first-order valence-corrected chi connectivity index (χ1v) is 10.6. The van der Waals surface area contributed by atoms with Crippen molar-refractivity contribution in [2.75, 3.05) is 20.8 Å². The first-order chi connectivity index (χ1) is 14.5. The van der Waals surface area contributed by atoms with Gasteiger partial charge >= 0.3 is 0 Å². The van der Waals surface area contributed by atoms with Gasteiger partial charge in [-0.3, -0.25) is 4.79 Å². The molecule has 1 atom stereocenters. The Morgan fingerprint density at radius 3 is 2.57 bits per heavy atom. The standard InChI is InChI=1S/C25H30N2O3/c1-6-16-17-10-8-9-11-21(17)26-23-18(16)13-27-22(23)12-20(19(14-29-4)24(27)28)25(3,7-2)15-30-5/h8-12H,6-7,13-15H2,1-5H3. The fraction of sp³-hybridized carbons (Fsp3) is 0.440. The molecule has 4 rings (SSSR count). The third-order valence-electron chi connectivity index (χ3n) is 6.61. The van der Waals surface area contributed by atoms with E-state index in [1.807, 2.05) is 10.6 Å². The molecule has 1 aromatic carbocycles. The van der Waals surface area contributed by atoms with Crippen LogP contribution in [0.1, 0.15) is 49.4 Å². The van der Waals surface area contributed by atoms with Crippen molar-refractivity contribution in [3.8, 4) is 11.4 Å². The Bertz CT molecular complexity index is 1170. The Morgan fingerprint density at radius 2 is 1.90 bits per heavy atom. The predicted molar refractivity (Wildman–Crippen MR) is 120 cm³/mol. The van der Waals surface area contributed by atoms with Crippen LogP contribution < -0.4 is 5.56 Å². The summed E-state index contributed by atoms with van der Waals surface area (Å²) in [7, 11) is 3.35. The average molecular weight is 407 g/mol. The molecule has 0 aliphatic carbocycles. The molecular formula is C25H30N2O3. The minimum Gasteiger partial charge on any atom is -0.384 e. The summed E-state index contributed by atoms with van der Waals surface area (Å²) < 4.78 is 12.9. The zero-order valence-electron chi connectivity index (χ0n) is 18.5. The zero-order chi connectivity index (χ0) is 21.5. The van der Waals surface area contributed by atoms with Crippen molar-refractivity contribution >= 4 is 10.9 Å². The van der Waals surface area contributed by atoms with Crippen LogP contribution in [-0.2, 0) is 34.5 Å². The Balaban J connectivity index is 2.03. The first kappa shape index (κ1) is 20.8. The SMILES string of the molecule is CCc1c2c(nc3ccccc13)-c1cc(C(C)(CC)COC)c(COC)c(=O)n1C2. The Labute approximate surface area is 177 Å². The van der Waals surface area contributed by atoms with E-state index in [9.17, 15) is 4.79 Å². The fourth-order valence-corrected chi connectivity index (χ4v) is 4.82. The van der Waals surface area contributed by atoms with E-state index >= 15 is 0 Å². The smallest absolute Gasteiger partial charge is 0.257 e. The van der Waals surface area contributed by atoms with Gasteiger partial charge in [0.2, 0.25) is 0 Å². The Morgan fingerprint density at radius 1 is 1.13 bits per heavy atom. The van der Waals surface area contributed by atoms with Crippen LogP contribution in [0.5, 0.6) is 0 Å². The summed E-state index contributed by atoms with van der Waals surface area (Å²) in [6.45, 7) is 7.86. The molecular weight excluding hydrogens is 376 g/mol. The van der Waals surface area contributed by atoms with Gasteiger partial charge in [0.05, 0.1) is 36.7 Å². The number of nitrogens with zero attached hydrogens (tertiary/aromatic N) is 2. The Kier molecular flexibility index (Phi) is 5.51. The molecule has 0 spiro atoms. The highest BCUT2D eigenvalue weighted by Crippen LogP contribution is 2.39. The lowest BCUT2D eigenvalue weighted by atomic mass is 9.78. The lowest BCUT2D eigenvalue weighted by Gasteiger charge is -2.30. The number of ether oxygens (including phenoxy) is 2. The van der Waals surface area contributed by atoms with Crippen molar-refractivity contribution in [2.45, 2.75) is 52.2 Å². The van der Waals surface area contributed by atoms with E-state index in [-0.39, 0.29) is 11.0 Å². The minimum absolute atomic E-state index is 0.0178. The maximum absolute atomic E-state index is 13.6. The number of aromatic nitrogens is 2. The van der Waals surface area contributed by atoms with Crippen molar-refractivity contribution in [1.82, 2.24) is 9.55 Å². The number of pyridine rings is 2. The molecule has 5 nitrogen and oxygen atoms in total. The number of aryl methyl sites for hydroxylation is 1. The van der Waals surface area contributed by atoms with Gasteiger partial charge in [-0.2, -0.15) is 0 Å². The number of hydrogen-bond donors (Lipinski definition) is 0. The number of benzene rings is 1. The molecule has 1 unspecified atom stereocenters. The Hall–Kier alpha value is -2.50. The number of fused-ring (bicyclic) bond motifs is 4. The summed E-state index contributed by atoms with van der Waals surface area (Å²) in [5, 5.41) is 1.18. The summed E-state index contributed by atoms with van der Waals surface area (Å²) in [6.07, 6.45) is 1.76. The third-order valence-corrected chi connectivity index (χ3v) is 6.61. The second-order valence-electron chi connectivity index (χ2n) is 8.38. The molecule has 1 aliphatic heterocycles. The van der Waals surface area contributed by atoms with Crippen LogP contribution in [0.3, 0.4) is 0 Å². The van der Waals surface area contributed by atoms with Crippen molar-refractivity contribution in [1.29, 1.82) is 0 Å². The number of rotatable bonds is 7. The van der Waals surface area contributed by atoms with E-state index in [4.69, 9.17) is 14.5 Å². The largest absolute Gasteiger partial charge is 0.384 e. The van der Waals surface area contributed by atoms with Crippen LogP contribution >= 0.6 is 0 Å². The maximum atomic E-state index is 13.6. The lowest BCUT2D eigenvalue weighted by Crippen LogP contribution is -2.34. The van der Waals surface area contributed by atoms with Gasteiger partial charge in [-0.25, -0.2) is 4.98 Å². The molecule has 0 amide bonds. The van der Waals surface area contributed by atoms with Crippen LogP contribution in [0, 0.1) is 0 Å². The van der Waals surface area contributed by atoms with Crippen LogP contribution in [0.4, 0.5) is 0 Å². The third kappa shape index (κ3) is 3.08. The molecule has 0 fully saturated rings. The predicted octanol–water partition coefficient (Wildman–Crippen LogP) is 4.45. The van der Waals surface area contributed by atoms with Gasteiger partial charge in [-0.05, 0) is 36.1 Å². The van der Waals surface area contributed by atoms with Crippen LogP contribution in [0.25, 0.3) is 22.3 Å². The van der Waals surface area contributed by atoms with Gasteiger partial charge in [0.15, 0.2) is 0 Å². The topological polar surface area (TPSA) is 53.4 Å². The minimum atomic E-state index is -0.273. The molecule has 0 radical (unpaired) electrons. The molecule has 0 saturated carbocycles. The van der Waals surface area contributed by atoms with Gasteiger partial charge < -0.3 is 14.0 Å². The maximum Gasteiger partial charge on any atom is 0.257 e. The van der Waals surface area contributed by atoms with Crippen molar-refractivity contribution in [2.24, 2.45) is 0 Å². The quantitative estimate of drug-likeness (QED) is 0.455. The van der Waals surface area contributed by atoms with Crippen LogP contribution in [0.2, 0.25) is 0 Å². The molecule has 1 aliphatic rings. The van der Waals surface area contributed by atoms with E-state index in [0.717, 1.165) is 40.9 Å². The van der Waals surface area contributed by atoms with Gasteiger partial charge in [0, 0.05) is 36.1 Å². The first-order valence-electron chi connectivity index (χ1n) is 10.6. The van der Waals surface area contributed by atoms with E-state index < -0.39 is 0 Å². The zero-order valence-corrected chi connectivity index (χ0v) is 18.5. The molecule has 3 aromatic rings. The molecule has 0 N–H and O–H groups in total. The van der Waals surface area contributed by atoms with E-state index in [1.165, 1.54) is 16.5 Å². The highest BCUT2D eigenvalue weighted by atomic mass is 16.5. The number of para-hydroxylation sites is 1. The second kappa shape index (κ2) is 7.97. The van der Waals surface area contributed by atoms with E-state index in [2.05, 4.69) is 45.0 Å².